The molecule has 0 aromatic heterocycles. The van der Waals surface area contributed by atoms with Gasteiger partial charge in [0, 0.05) is 16.7 Å². The van der Waals surface area contributed by atoms with E-state index in [9.17, 15) is 9.18 Å². The molecule has 1 amide bonds. The Labute approximate surface area is 133 Å². The summed E-state index contributed by atoms with van der Waals surface area (Å²) in [6, 6.07) is 14.3. The van der Waals surface area contributed by atoms with E-state index in [1.165, 1.54) is 18.2 Å². The number of carbonyl (C=O) groups is 1. The Bertz CT molecular complexity index is 699. The maximum absolute atomic E-state index is 13.4. The van der Waals surface area contributed by atoms with Gasteiger partial charge in [-0.25, -0.2) is 4.39 Å². The molecule has 0 spiro atoms. The Morgan fingerprint density at radius 1 is 1.23 bits per heavy atom. The second-order valence-electron chi connectivity index (χ2n) is 5.12. The highest BCUT2D eigenvalue weighted by atomic mass is 32.2. The molecule has 4 heteroatoms. The molecule has 0 saturated heterocycles. The zero-order chi connectivity index (χ0) is 15.4. The maximum atomic E-state index is 13.4. The van der Waals surface area contributed by atoms with Gasteiger partial charge in [0.25, 0.3) is 0 Å². The molecule has 1 atom stereocenters. The van der Waals surface area contributed by atoms with Gasteiger partial charge in [-0.05, 0) is 41.8 Å². The lowest BCUT2D eigenvalue weighted by Gasteiger charge is -2.25. The first-order valence-corrected chi connectivity index (χ1v) is 8.17. The number of nitrogens with one attached hydrogen (secondary N) is 1. The van der Waals surface area contributed by atoms with Crippen molar-refractivity contribution in [3.8, 4) is 0 Å². The third-order valence-electron chi connectivity index (χ3n) is 3.55. The number of hydrogen-bond acceptors (Lipinski definition) is 2. The van der Waals surface area contributed by atoms with Crippen LogP contribution in [0.3, 0.4) is 0 Å². The van der Waals surface area contributed by atoms with Crippen LogP contribution in [0.2, 0.25) is 0 Å². The van der Waals surface area contributed by atoms with E-state index >= 15 is 0 Å². The summed E-state index contributed by atoms with van der Waals surface area (Å²) in [5.74, 6) is 0.502. The summed E-state index contributed by atoms with van der Waals surface area (Å²) in [7, 11) is 0. The molecule has 2 nitrogen and oxygen atoms in total. The molecule has 1 N–H and O–H groups in total. The van der Waals surface area contributed by atoms with Gasteiger partial charge in [0.15, 0.2) is 0 Å². The summed E-state index contributed by atoms with van der Waals surface area (Å²) < 4.78 is 13.4. The molecule has 0 radical (unpaired) electrons. The highest BCUT2D eigenvalue weighted by molar-refractivity contribution is 7.99. The van der Waals surface area contributed by atoms with E-state index in [1.54, 1.807) is 23.9 Å². The lowest BCUT2D eigenvalue weighted by molar-refractivity contribution is -0.117. The number of amides is 1. The summed E-state index contributed by atoms with van der Waals surface area (Å²) in [6.45, 7) is 0. The maximum Gasteiger partial charge on any atom is 0.244 e. The molecule has 0 saturated carbocycles. The quantitative estimate of drug-likeness (QED) is 0.861. The van der Waals surface area contributed by atoms with Crippen molar-refractivity contribution < 1.29 is 9.18 Å². The molecule has 1 aliphatic rings. The number of carbonyl (C=O) groups excluding carboxylic acids is 1. The van der Waals surface area contributed by atoms with E-state index in [-0.39, 0.29) is 17.8 Å². The first-order chi connectivity index (χ1) is 10.7. The van der Waals surface area contributed by atoms with Crippen molar-refractivity contribution in [1.82, 2.24) is 5.32 Å². The van der Waals surface area contributed by atoms with Crippen molar-refractivity contribution >= 4 is 23.7 Å². The monoisotopic (exact) mass is 313 g/mol. The molecule has 3 rings (SSSR count). The molecule has 1 unspecified atom stereocenters. The van der Waals surface area contributed by atoms with Crippen molar-refractivity contribution in [2.24, 2.45) is 0 Å². The van der Waals surface area contributed by atoms with Gasteiger partial charge in [-0.3, -0.25) is 4.79 Å². The number of hydrogen-bond donors (Lipinski definition) is 1. The summed E-state index contributed by atoms with van der Waals surface area (Å²) in [5, 5.41) is 2.97. The van der Waals surface area contributed by atoms with Crippen LogP contribution in [0.5, 0.6) is 0 Å². The number of thioether (sulfide) groups is 1. The molecule has 112 valence electrons. The molecule has 0 bridgehead atoms. The standard InChI is InChI=1S/C18H16FNOS/c19-14-7-8-17-15(12-14)16(10-11-22-17)20-18(21)9-6-13-4-2-1-3-5-13/h1-9,12,16H,10-11H2,(H,20,21). The van der Waals surface area contributed by atoms with Crippen LogP contribution in [-0.2, 0) is 4.79 Å². The molecule has 1 aliphatic heterocycles. The van der Waals surface area contributed by atoms with E-state index in [1.807, 2.05) is 30.3 Å². The third-order valence-corrected chi connectivity index (χ3v) is 4.68. The van der Waals surface area contributed by atoms with Gasteiger partial charge >= 0.3 is 0 Å². The lowest BCUT2D eigenvalue weighted by Crippen LogP contribution is -2.29. The van der Waals surface area contributed by atoms with Crippen LogP contribution in [0.25, 0.3) is 6.08 Å². The molecule has 2 aromatic carbocycles. The molecule has 0 aliphatic carbocycles. The Hall–Kier alpha value is -2.07. The molecule has 0 fully saturated rings. The summed E-state index contributed by atoms with van der Waals surface area (Å²) in [4.78, 5) is 13.1. The third kappa shape index (κ3) is 3.57. The largest absolute Gasteiger partial charge is 0.346 e. The van der Waals surface area contributed by atoms with Crippen LogP contribution in [0.4, 0.5) is 4.39 Å². The van der Waals surface area contributed by atoms with Crippen LogP contribution in [-0.4, -0.2) is 11.7 Å². The van der Waals surface area contributed by atoms with Gasteiger partial charge in [-0.15, -0.1) is 11.8 Å². The fourth-order valence-corrected chi connectivity index (χ4v) is 3.58. The van der Waals surface area contributed by atoms with Crippen LogP contribution in [0, 0.1) is 5.82 Å². The van der Waals surface area contributed by atoms with Crippen molar-refractivity contribution in [2.45, 2.75) is 17.4 Å². The predicted molar refractivity (Wildman–Crippen MR) is 88.1 cm³/mol. The van der Waals surface area contributed by atoms with Crippen molar-refractivity contribution in [3.05, 3.63) is 71.6 Å². The molecule has 1 heterocycles. The minimum Gasteiger partial charge on any atom is -0.346 e. The van der Waals surface area contributed by atoms with E-state index in [4.69, 9.17) is 0 Å². The topological polar surface area (TPSA) is 29.1 Å². The number of benzene rings is 2. The van der Waals surface area contributed by atoms with E-state index in [2.05, 4.69) is 5.32 Å². The fraction of sp³-hybridized carbons (Fsp3) is 0.167. The molecule has 22 heavy (non-hydrogen) atoms. The van der Waals surface area contributed by atoms with Gasteiger partial charge in [-0.1, -0.05) is 30.3 Å². The number of rotatable bonds is 3. The lowest BCUT2D eigenvalue weighted by atomic mass is 10.0. The van der Waals surface area contributed by atoms with E-state index < -0.39 is 0 Å². The Kier molecular flexibility index (Phi) is 4.59. The van der Waals surface area contributed by atoms with Gasteiger partial charge in [0.1, 0.15) is 5.82 Å². The smallest absolute Gasteiger partial charge is 0.244 e. The molecule has 2 aromatic rings. The SMILES string of the molecule is O=C(C=Cc1ccccc1)NC1CCSc2ccc(F)cc21. The second kappa shape index (κ2) is 6.79. The minimum atomic E-state index is -0.264. The predicted octanol–water partition coefficient (Wildman–Crippen LogP) is 4.19. The zero-order valence-corrected chi connectivity index (χ0v) is 12.8. The second-order valence-corrected chi connectivity index (χ2v) is 6.26. The van der Waals surface area contributed by atoms with Gasteiger partial charge < -0.3 is 5.32 Å². The van der Waals surface area contributed by atoms with Crippen LogP contribution in [0.1, 0.15) is 23.6 Å². The highest BCUT2D eigenvalue weighted by Gasteiger charge is 2.22. The molecular formula is C18H16FNOS. The fourth-order valence-electron chi connectivity index (χ4n) is 2.47. The normalized spacial score (nSPS) is 17.2. The average Bonchev–Trinajstić information content (AvgIpc) is 2.54. The van der Waals surface area contributed by atoms with Crippen LogP contribution in [0.15, 0.2) is 59.5 Å². The Balaban J connectivity index is 1.70. The summed E-state index contributed by atoms with van der Waals surface area (Å²) >= 11 is 1.70. The first kappa shape index (κ1) is 14.9. The van der Waals surface area contributed by atoms with E-state index in [0.29, 0.717) is 0 Å². The van der Waals surface area contributed by atoms with Crippen LogP contribution >= 0.6 is 11.8 Å². The summed E-state index contributed by atoms with van der Waals surface area (Å²) in [5.41, 5.74) is 1.85. The summed E-state index contributed by atoms with van der Waals surface area (Å²) in [6.07, 6.45) is 4.11. The van der Waals surface area contributed by atoms with E-state index in [0.717, 1.165) is 28.2 Å². The highest BCUT2D eigenvalue weighted by Crippen LogP contribution is 2.36. The Morgan fingerprint density at radius 3 is 2.86 bits per heavy atom. The minimum absolute atomic E-state index is 0.125. The van der Waals surface area contributed by atoms with Crippen molar-refractivity contribution in [2.75, 3.05) is 5.75 Å². The Morgan fingerprint density at radius 2 is 2.05 bits per heavy atom. The number of fused-ring (bicyclic) bond motifs is 1. The van der Waals surface area contributed by atoms with Crippen molar-refractivity contribution in [3.63, 3.8) is 0 Å². The number of halogens is 1. The first-order valence-electron chi connectivity index (χ1n) is 7.18. The molecular weight excluding hydrogens is 297 g/mol. The zero-order valence-electron chi connectivity index (χ0n) is 12.0. The average molecular weight is 313 g/mol. The van der Waals surface area contributed by atoms with Crippen LogP contribution < -0.4 is 5.32 Å². The van der Waals surface area contributed by atoms with Crippen molar-refractivity contribution in [1.29, 1.82) is 0 Å². The van der Waals surface area contributed by atoms with Gasteiger partial charge in [-0.2, -0.15) is 0 Å². The van der Waals surface area contributed by atoms with Gasteiger partial charge in [0.05, 0.1) is 6.04 Å². The van der Waals surface area contributed by atoms with Gasteiger partial charge in [0.2, 0.25) is 5.91 Å².